The molecule has 1 N–H and O–H groups in total. The van der Waals surface area contributed by atoms with Crippen LogP contribution in [0, 0.1) is 5.82 Å². The van der Waals surface area contributed by atoms with E-state index < -0.39 is 0 Å². The molecule has 6 heteroatoms. The van der Waals surface area contributed by atoms with Crippen molar-refractivity contribution in [2.75, 3.05) is 63.8 Å². The summed E-state index contributed by atoms with van der Waals surface area (Å²) < 4.78 is 14.6. The third kappa shape index (κ3) is 3.87. The molecule has 0 atom stereocenters. The second-order valence-electron chi connectivity index (χ2n) is 6.48. The maximum absolute atomic E-state index is 14.6. The molecule has 0 aliphatic carbocycles. The van der Waals surface area contributed by atoms with Gasteiger partial charge in [-0.3, -0.25) is 4.79 Å². The number of carbonyl (C=O) groups is 1. The van der Waals surface area contributed by atoms with Crippen molar-refractivity contribution in [3.8, 4) is 0 Å². The molecule has 24 heavy (non-hydrogen) atoms. The Hall–Kier alpha value is -1.66. The SMILES string of the molecule is CCN1CCN(c2ccc(C(=O)N3CCCNCC3)cc2F)CC1. The molecule has 2 fully saturated rings. The molecule has 2 aliphatic heterocycles. The van der Waals surface area contributed by atoms with Crippen molar-refractivity contribution >= 4 is 11.6 Å². The number of halogens is 1. The molecule has 132 valence electrons. The van der Waals surface area contributed by atoms with Crippen molar-refractivity contribution in [3.05, 3.63) is 29.6 Å². The average molecular weight is 334 g/mol. The highest BCUT2D eigenvalue weighted by molar-refractivity contribution is 5.94. The van der Waals surface area contributed by atoms with Crippen LogP contribution in [0.15, 0.2) is 18.2 Å². The van der Waals surface area contributed by atoms with Gasteiger partial charge < -0.3 is 20.0 Å². The molecule has 1 aromatic rings. The number of nitrogens with one attached hydrogen (secondary N) is 1. The van der Waals surface area contributed by atoms with E-state index in [0.29, 0.717) is 17.8 Å². The number of piperazine rings is 1. The fourth-order valence-corrected chi connectivity index (χ4v) is 3.43. The standard InChI is InChI=1S/C18H27FN4O/c1-2-21-10-12-22(13-11-21)17-5-4-15(14-16(17)19)18(24)23-8-3-6-20-7-9-23/h4-5,14,20H,2-3,6-13H2,1H3. The zero-order valence-corrected chi connectivity index (χ0v) is 14.4. The van der Waals surface area contributed by atoms with Gasteiger partial charge in [0.1, 0.15) is 5.82 Å². The van der Waals surface area contributed by atoms with Crippen LogP contribution in [-0.2, 0) is 0 Å². The van der Waals surface area contributed by atoms with E-state index in [4.69, 9.17) is 0 Å². The number of nitrogens with zero attached hydrogens (tertiary/aromatic N) is 3. The maximum Gasteiger partial charge on any atom is 0.254 e. The van der Waals surface area contributed by atoms with Gasteiger partial charge in [-0.25, -0.2) is 4.39 Å². The van der Waals surface area contributed by atoms with E-state index in [-0.39, 0.29) is 11.7 Å². The number of carbonyl (C=O) groups excluding carboxylic acids is 1. The van der Waals surface area contributed by atoms with Crippen LogP contribution in [0.3, 0.4) is 0 Å². The number of likely N-dealkylation sites (N-methyl/N-ethyl adjacent to an activating group) is 1. The van der Waals surface area contributed by atoms with Crippen LogP contribution in [0.5, 0.6) is 0 Å². The third-order valence-corrected chi connectivity index (χ3v) is 4.98. The zero-order valence-electron chi connectivity index (χ0n) is 14.4. The third-order valence-electron chi connectivity index (χ3n) is 4.98. The van der Waals surface area contributed by atoms with Crippen LogP contribution >= 0.6 is 0 Å². The Balaban J connectivity index is 1.69. The van der Waals surface area contributed by atoms with Crippen molar-refractivity contribution in [3.63, 3.8) is 0 Å². The molecule has 0 aromatic heterocycles. The number of benzene rings is 1. The first-order valence-electron chi connectivity index (χ1n) is 8.96. The van der Waals surface area contributed by atoms with Gasteiger partial charge in [-0.15, -0.1) is 0 Å². The fourth-order valence-electron chi connectivity index (χ4n) is 3.43. The van der Waals surface area contributed by atoms with Crippen molar-refractivity contribution in [2.45, 2.75) is 13.3 Å². The summed E-state index contributed by atoms with van der Waals surface area (Å²) in [6.45, 7) is 9.90. The van der Waals surface area contributed by atoms with Gasteiger partial charge >= 0.3 is 0 Å². The topological polar surface area (TPSA) is 38.8 Å². The summed E-state index contributed by atoms with van der Waals surface area (Å²) in [4.78, 5) is 18.8. The number of hydrogen-bond acceptors (Lipinski definition) is 4. The lowest BCUT2D eigenvalue weighted by Crippen LogP contribution is -2.46. The largest absolute Gasteiger partial charge is 0.367 e. The summed E-state index contributed by atoms with van der Waals surface area (Å²) in [7, 11) is 0. The Morgan fingerprint density at radius 3 is 2.62 bits per heavy atom. The van der Waals surface area contributed by atoms with Crippen LogP contribution in [0.1, 0.15) is 23.7 Å². The Morgan fingerprint density at radius 1 is 1.12 bits per heavy atom. The lowest BCUT2D eigenvalue weighted by atomic mass is 10.1. The van der Waals surface area contributed by atoms with Crippen molar-refractivity contribution in [2.24, 2.45) is 0 Å². The Kier molecular flexibility index (Phi) is 5.68. The smallest absolute Gasteiger partial charge is 0.254 e. The van der Waals surface area contributed by atoms with Gasteiger partial charge in [-0.05, 0) is 37.7 Å². The molecule has 0 radical (unpaired) electrons. The van der Waals surface area contributed by atoms with Gasteiger partial charge in [0.2, 0.25) is 0 Å². The summed E-state index contributed by atoms with van der Waals surface area (Å²) in [6, 6.07) is 4.94. The highest BCUT2D eigenvalue weighted by atomic mass is 19.1. The van der Waals surface area contributed by atoms with E-state index in [0.717, 1.165) is 58.8 Å². The molecule has 0 unspecified atom stereocenters. The molecule has 1 aromatic carbocycles. The first-order chi connectivity index (χ1) is 11.7. The number of amides is 1. The molecule has 0 saturated carbocycles. The van der Waals surface area contributed by atoms with Crippen LogP contribution in [0.4, 0.5) is 10.1 Å². The highest BCUT2D eigenvalue weighted by Crippen LogP contribution is 2.23. The molecule has 2 aliphatic rings. The second-order valence-corrected chi connectivity index (χ2v) is 6.48. The number of hydrogen-bond donors (Lipinski definition) is 1. The minimum absolute atomic E-state index is 0.0695. The minimum atomic E-state index is -0.293. The molecule has 2 saturated heterocycles. The molecule has 2 heterocycles. The minimum Gasteiger partial charge on any atom is -0.367 e. The van der Waals surface area contributed by atoms with E-state index >= 15 is 0 Å². The van der Waals surface area contributed by atoms with Gasteiger partial charge in [-0.2, -0.15) is 0 Å². The monoisotopic (exact) mass is 334 g/mol. The van der Waals surface area contributed by atoms with E-state index in [1.807, 2.05) is 4.90 Å². The van der Waals surface area contributed by atoms with Gasteiger partial charge in [0.25, 0.3) is 5.91 Å². The van der Waals surface area contributed by atoms with Gasteiger partial charge in [0.05, 0.1) is 5.69 Å². The lowest BCUT2D eigenvalue weighted by molar-refractivity contribution is 0.0766. The Labute approximate surface area is 143 Å². The quantitative estimate of drug-likeness (QED) is 0.907. The van der Waals surface area contributed by atoms with Crippen LogP contribution < -0.4 is 10.2 Å². The summed E-state index contributed by atoms with van der Waals surface area (Å²) in [5, 5.41) is 3.28. The van der Waals surface area contributed by atoms with Crippen molar-refractivity contribution in [1.82, 2.24) is 15.1 Å². The van der Waals surface area contributed by atoms with Gasteiger partial charge in [-0.1, -0.05) is 6.92 Å². The van der Waals surface area contributed by atoms with Crippen LogP contribution in [-0.4, -0.2) is 74.6 Å². The van der Waals surface area contributed by atoms with Crippen molar-refractivity contribution in [1.29, 1.82) is 0 Å². The Morgan fingerprint density at radius 2 is 1.92 bits per heavy atom. The molecular weight excluding hydrogens is 307 g/mol. The first kappa shape index (κ1) is 17.2. The highest BCUT2D eigenvalue weighted by Gasteiger charge is 2.21. The molecular formula is C18H27FN4O. The van der Waals surface area contributed by atoms with Crippen LogP contribution in [0.25, 0.3) is 0 Å². The molecule has 3 rings (SSSR count). The summed E-state index contributed by atoms with van der Waals surface area (Å²) in [5.41, 5.74) is 1.06. The maximum atomic E-state index is 14.6. The predicted molar refractivity (Wildman–Crippen MR) is 94.1 cm³/mol. The zero-order chi connectivity index (χ0) is 16.9. The number of rotatable bonds is 3. The van der Waals surface area contributed by atoms with E-state index in [1.165, 1.54) is 6.07 Å². The van der Waals surface area contributed by atoms with Gasteiger partial charge in [0.15, 0.2) is 0 Å². The summed E-state index contributed by atoms with van der Waals surface area (Å²) >= 11 is 0. The summed E-state index contributed by atoms with van der Waals surface area (Å²) in [5.74, 6) is -0.362. The fraction of sp³-hybridized carbons (Fsp3) is 0.611. The normalized spacial score (nSPS) is 20.1. The number of anilines is 1. The Bertz CT molecular complexity index is 564. The first-order valence-corrected chi connectivity index (χ1v) is 8.96. The summed E-state index contributed by atoms with van der Waals surface area (Å²) in [6.07, 6.45) is 0.939. The molecule has 0 spiro atoms. The van der Waals surface area contributed by atoms with E-state index in [9.17, 15) is 9.18 Å². The second kappa shape index (κ2) is 7.94. The molecule has 0 bridgehead atoms. The van der Waals surface area contributed by atoms with Crippen molar-refractivity contribution < 1.29 is 9.18 Å². The average Bonchev–Trinajstić information content (AvgIpc) is 2.90. The van der Waals surface area contributed by atoms with E-state index in [1.54, 1.807) is 12.1 Å². The molecule has 5 nitrogen and oxygen atoms in total. The lowest BCUT2D eigenvalue weighted by Gasteiger charge is -2.35. The predicted octanol–water partition coefficient (Wildman–Crippen LogP) is 1.40. The van der Waals surface area contributed by atoms with E-state index in [2.05, 4.69) is 22.0 Å². The van der Waals surface area contributed by atoms with Gasteiger partial charge in [0, 0.05) is 51.4 Å². The van der Waals surface area contributed by atoms with Crippen LogP contribution in [0.2, 0.25) is 0 Å². The molecule has 1 amide bonds.